The van der Waals surface area contributed by atoms with Gasteiger partial charge in [0.2, 0.25) is 11.9 Å². The first-order valence-corrected chi connectivity index (χ1v) is 5.21. The summed E-state index contributed by atoms with van der Waals surface area (Å²) in [7, 11) is 0. The molecule has 0 saturated heterocycles. The summed E-state index contributed by atoms with van der Waals surface area (Å²) in [6, 6.07) is 7.60. The summed E-state index contributed by atoms with van der Waals surface area (Å²) in [5, 5.41) is 13.5. The summed E-state index contributed by atoms with van der Waals surface area (Å²) in [6.45, 7) is 0. The molecule has 0 aliphatic carbocycles. The van der Waals surface area contributed by atoms with E-state index in [1.165, 1.54) is 6.33 Å². The zero-order valence-corrected chi connectivity index (χ0v) is 9.28. The molecule has 0 aliphatic rings. The molecule has 0 bridgehead atoms. The second-order valence-electron chi connectivity index (χ2n) is 3.56. The lowest BCUT2D eigenvalue weighted by Gasteiger charge is -2.03. The zero-order chi connectivity index (χ0) is 12.4. The van der Waals surface area contributed by atoms with Crippen LogP contribution in [0.4, 0.5) is 17.6 Å². The Kier molecular flexibility index (Phi) is 2.38. The molecule has 2 aromatic heterocycles. The maximum Gasteiger partial charge on any atom is 0.248 e. The van der Waals surface area contributed by atoms with Crippen LogP contribution in [-0.2, 0) is 0 Å². The minimum absolute atomic E-state index is 0.275. The third-order valence-electron chi connectivity index (χ3n) is 2.31. The third-order valence-corrected chi connectivity index (χ3v) is 2.31. The van der Waals surface area contributed by atoms with Gasteiger partial charge in [-0.05, 0) is 24.3 Å². The summed E-state index contributed by atoms with van der Waals surface area (Å²) < 4.78 is 1.68. The summed E-state index contributed by atoms with van der Waals surface area (Å²) in [4.78, 5) is 7.84. The maximum atomic E-state index is 5.43. The molecule has 18 heavy (non-hydrogen) atoms. The van der Waals surface area contributed by atoms with Gasteiger partial charge in [-0.3, -0.25) is 0 Å². The molecule has 0 amide bonds. The number of anilines is 3. The van der Waals surface area contributed by atoms with Gasteiger partial charge in [0.25, 0.3) is 0 Å². The van der Waals surface area contributed by atoms with E-state index in [1.54, 1.807) is 11.0 Å². The van der Waals surface area contributed by atoms with Crippen molar-refractivity contribution in [3.05, 3.63) is 36.9 Å². The van der Waals surface area contributed by atoms with Gasteiger partial charge in [-0.15, -0.1) is 5.10 Å². The van der Waals surface area contributed by atoms with E-state index in [2.05, 4.69) is 30.6 Å². The molecule has 0 atom stereocenters. The molecular weight excluding hydrogens is 232 g/mol. The first-order chi connectivity index (χ1) is 8.81. The van der Waals surface area contributed by atoms with Crippen molar-refractivity contribution < 1.29 is 0 Å². The number of aromatic amines is 1. The van der Waals surface area contributed by atoms with Gasteiger partial charge in [-0.1, -0.05) is 0 Å². The van der Waals surface area contributed by atoms with E-state index < -0.39 is 0 Å². The van der Waals surface area contributed by atoms with Gasteiger partial charge in [0.1, 0.15) is 12.7 Å². The zero-order valence-electron chi connectivity index (χ0n) is 9.28. The largest absolute Gasteiger partial charge is 0.368 e. The predicted octanol–water partition coefficient (Wildman–Crippen LogP) is 0.711. The number of nitrogens with one attached hydrogen (secondary N) is 2. The monoisotopic (exact) mass is 242 g/mol. The van der Waals surface area contributed by atoms with Crippen molar-refractivity contribution in [2.75, 3.05) is 11.1 Å². The van der Waals surface area contributed by atoms with Crippen LogP contribution in [0.3, 0.4) is 0 Å². The highest BCUT2D eigenvalue weighted by Crippen LogP contribution is 2.15. The van der Waals surface area contributed by atoms with Gasteiger partial charge in [0.05, 0.1) is 5.69 Å². The Morgan fingerprint density at radius 3 is 2.67 bits per heavy atom. The average Bonchev–Trinajstić information content (AvgIpc) is 3.02. The van der Waals surface area contributed by atoms with E-state index in [9.17, 15) is 0 Å². The first-order valence-electron chi connectivity index (χ1n) is 5.21. The van der Waals surface area contributed by atoms with Crippen LogP contribution in [0.15, 0.2) is 36.9 Å². The fourth-order valence-corrected chi connectivity index (χ4v) is 1.50. The van der Waals surface area contributed by atoms with Crippen LogP contribution in [-0.4, -0.2) is 29.9 Å². The van der Waals surface area contributed by atoms with Crippen molar-refractivity contribution in [3.8, 4) is 5.69 Å². The SMILES string of the molecule is Nc1nc(Nc2ccc(-n3cncn3)cc2)n[nH]1. The summed E-state index contributed by atoms with van der Waals surface area (Å²) in [5.41, 5.74) is 7.22. The fourth-order valence-electron chi connectivity index (χ4n) is 1.50. The molecule has 0 spiro atoms. The quantitative estimate of drug-likeness (QED) is 0.624. The fraction of sp³-hybridized carbons (Fsp3) is 0. The summed E-state index contributed by atoms with van der Waals surface area (Å²) >= 11 is 0. The van der Waals surface area contributed by atoms with Crippen molar-refractivity contribution in [1.29, 1.82) is 0 Å². The molecule has 0 radical (unpaired) electrons. The molecule has 0 fully saturated rings. The first kappa shape index (κ1) is 10.3. The normalized spacial score (nSPS) is 10.4. The van der Waals surface area contributed by atoms with Gasteiger partial charge in [-0.2, -0.15) is 10.1 Å². The summed E-state index contributed by atoms with van der Waals surface area (Å²) in [6.07, 6.45) is 3.13. The average molecular weight is 242 g/mol. The van der Waals surface area contributed by atoms with Crippen molar-refractivity contribution in [2.24, 2.45) is 0 Å². The standard InChI is InChI=1S/C10H10N8/c11-9-15-10(17-16-9)14-7-1-3-8(4-2-7)18-6-12-5-13-18/h1-6H,(H4,11,14,15,16,17). The maximum absolute atomic E-state index is 5.43. The molecule has 8 heteroatoms. The van der Waals surface area contributed by atoms with Crippen molar-refractivity contribution in [1.82, 2.24) is 29.9 Å². The molecule has 0 saturated carbocycles. The number of nitrogens with two attached hydrogens (primary N) is 1. The van der Waals surface area contributed by atoms with Crippen molar-refractivity contribution >= 4 is 17.6 Å². The number of H-pyrrole nitrogens is 1. The van der Waals surface area contributed by atoms with Gasteiger partial charge < -0.3 is 11.1 Å². The Hall–Kier alpha value is -2.90. The number of hydrogen-bond acceptors (Lipinski definition) is 6. The third kappa shape index (κ3) is 1.98. The van der Waals surface area contributed by atoms with Crippen LogP contribution < -0.4 is 11.1 Å². The lowest BCUT2D eigenvalue weighted by atomic mass is 10.3. The van der Waals surface area contributed by atoms with E-state index in [0.29, 0.717) is 5.95 Å². The number of nitrogen functional groups attached to an aromatic ring is 1. The van der Waals surface area contributed by atoms with E-state index in [4.69, 9.17) is 5.73 Å². The lowest BCUT2D eigenvalue weighted by Crippen LogP contribution is -1.96. The minimum Gasteiger partial charge on any atom is -0.368 e. The number of nitrogens with zero attached hydrogens (tertiary/aromatic N) is 5. The second-order valence-corrected chi connectivity index (χ2v) is 3.56. The Balaban J connectivity index is 1.79. The molecule has 8 nitrogen and oxygen atoms in total. The van der Waals surface area contributed by atoms with Crippen LogP contribution in [0.1, 0.15) is 0 Å². The molecule has 3 aromatic rings. The van der Waals surface area contributed by atoms with Gasteiger partial charge >= 0.3 is 0 Å². The van der Waals surface area contributed by atoms with E-state index in [-0.39, 0.29) is 5.95 Å². The van der Waals surface area contributed by atoms with Crippen LogP contribution in [0, 0.1) is 0 Å². The van der Waals surface area contributed by atoms with E-state index >= 15 is 0 Å². The highest BCUT2D eigenvalue weighted by molar-refractivity contribution is 5.55. The van der Waals surface area contributed by atoms with E-state index in [0.717, 1.165) is 11.4 Å². The molecule has 3 rings (SSSR count). The highest BCUT2D eigenvalue weighted by Gasteiger charge is 2.01. The Labute approximate surface area is 102 Å². The van der Waals surface area contributed by atoms with Crippen molar-refractivity contribution in [3.63, 3.8) is 0 Å². The number of rotatable bonds is 3. The topological polar surface area (TPSA) is 110 Å². The Bertz CT molecular complexity index is 624. The second kappa shape index (κ2) is 4.17. The van der Waals surface area contributed by atoms with Crippen LogP contribution in [0.2, 0.25) is 0 Å². The smallest absolute Gasteiger partial charge is 0.248 e. The van der Waals surface area contributed by atoms with Crippen molar-refractivity contribution in [2.45, 2.75) is 0 Å². The number of hydrogen-bond donors (Lipinski definition) is 3. The van der Waals surface area contributed by atoms with Crippen LogP contribution >= 0.6 is 0 Å². The number of aromatic nitrogens is 6. The molecule has 2 heterocycles. The predicted molar refractivity (Wildman–Crippen MR) is 65.4 cm³/mol. The van der Waals surface area contributed by atoms with Gasteiger partial charge in [0.15, 0.2) is 0 Å². The molecule has 90 valence electrons. The summed E-state index contributed by atoms with van der Waals surface area (Å²) in [5.74, 6) is 0.706. The van der Waals surface area contributed by atoms with Crippen LogP contribution in [0.25, 0.3) is 5.69 Å². The van der Waals surface area contributed by atoms with E-state index in [1.807, 2.05) is 24.3 Å². The molecule has 4 N–H and O–H groups in total. The van der Waals surface area contributed by atoms with Gasteiger partial charge in [-0.25, -0.2) is 14.8 Å². The Morgan fingerprint density at radius 1 is 1.22 bits per heavy atom. The highest BCUT2D eigenvalue weighted by atomic mass is 15.3. The molecule has 0 aliphatic heterocycles. The molecule has 0 unspecified atom stereocenters. The van der Waals surface area contributed by atoms with Crippen LogP contribution in [0.5, 0.6) is 0 Å². The number of benzene rings is 1. The van der Waals surface area contributed by atoms with Gasteiger partial charge in [0, 0.05) is 5.69 Å². The lowest BCUT2D eigenvalue weighted by molar-refractivity contribution is 0.879. The minimum atomic E-state index is 0.275. The molecule has 1 aromatic carbocycles. The Morgan fingerprint density at radius 2 is 2.06 bits per heavy atom. The molecular formula is C10H10N8.